The Morgan fingerprint density at radius 1 is 1.35 bits per heavy atom. The van der Waals surface area contributed by atoms with Crippen molar-refractivity contribution in [3.8, 4) is 0 Å². The number of ether oxygens (including phenoxy) is 1. The van der Waals surface area contributed by atoms with Crippen molar-refractivity contribution in [3.63, 3.8) is 0 Å². The number of piperazine rings is 1. The molecule has 8 heteroatoms. The molecule has 2 heterocycles. The SMILES string of the molecule is COCCN1CCN(C(=O)CCc2n[nH]c(=O)[nH]2)CC1. The fourth-order valence-corrected chi connectivity index (χ4v) is 2.25. The highest BCUT2D eigenvalue weighted by molar-refractivity contribution is 5.76. The number of methoxy groups -OCH3 is 1. The summed E-state index contributed by atoms with van der Waals surface area (Å²) in [7, 11) is 1.69. The summed E-state index contributed by atoms with van der Waals surface area (Å²) < 4.78 is 5.05. The summed E-state index contributed by atoms with van der Waals surface area (Å²) in [6.45, 7) is 4.90. The highest BCUT2D eigenvalue weighted by Gasteiger charge is 2.20. The molecular formula is C12H21N5O3. The third-order valence-corrected chi connectivity index (χ3v) is 3.46. The van der Waals surface area contributed by atoms with Crippen molar-refractivity contribution in [2.45, 2.75) is 12.8 Å². The monoisotopic (exact) mass is 283 g/mol. The van der Waals surface area contributed by atoms with Gasteiger partial charge in [0.1, 0.15) is 5.82 Å². The van der Waals surface area contributed by atoms with Crippen molar-refractivity contribution in [3.05, 3.63) is 16.3 Å². The number of H-pyrrole nitrogens is 2. The highest BCUT2D eigenvalue weighted by atomic mass is 16.5. The van der Waals surface area contributed by atoms with Crippen LogP contribution in [-0.2, 0) is 16.0 Å². The van der Waals surface area contributed by atoms with Crippen molar-refractivity contribution < 1.29 is 9.53 Å². The van der Waals surface area contributed by atoms with Gasteiger partial charge in [-0.15, -0.1) is 0 Å². The maximum atomic E-state index is 12.1. The van der Waals surface area contributed by atoms with E-state index < -0.39 is 0 Å². The van der Waals surface area contributed by atoms with Gasteiger partial charge in [0.25, 0.3) is 0 Å². The molecule has 8 nitrogen and oxygen atoms in total. The molecule has 2 N–H and O–H groups in total. The van der Waals surface area contributed by atoms with Gasteiger partial charge in [-0.2, -0.15) is 5.10 Å². The lowest BCUT2D eigenvalue weighted by Crippen LogP contribution is -2.49. The number of aryl methyl sites for hydroxylation is 1. The Hall–Kier alpha value is -1.67. The van der Waals surface area contributed by atoms with E-state index >= 15 is 0 Å². The van der Waals surface area contributed by atoms with Gasteiger partial charge >= 0.3 is 5.69 Å². The Morgan fingerprint density at radius 2 is 2.10 bits per heavy atom. The van der Waals surface area contributed by atoms with Gasteiger partial charge in [0.05, 0.1) is 6.61 Å². The molecule has 1 aromatic rings. The van der Waals surface area contributed by atoms with Crippen LogP contribution in [0.25, 0.3) is 0 Å². The van der Waals surface area contributed by atoms with E-state index in [1.54, 1.807) is 7.11 Å². The lowest BCUT2D eigenvalue weighted by molar-refractivity contribution is -0.133. The zero-order valence-corrected chi connectivity index (χ0v) is 11.7. The van der Waals surface area contributed by atoms with Gasteiger partial charge in [-0.25, -0.2) is 9.89 Å². The number of nitrogens with one attached hydrogen (secondary N) is 2. The van der Waals surface area contributed by atoms with Crippen LogP contribution in [0.3, 0.4) is 0 Å². The second kappa shape index (κ2) is 7.20. The summed E-state index contributed by atoms with van der Waals surface area (Å²) in [5, 5.41) is 6.09. The highest BCUT2D eigenvalue weighted by Crippen LogP contribution is 2.05. The average Bonchev–Trinajstić information content (AvgIpc) is 2.89. The summed E-state index contributed by atoms with van der Waals surface area (Å²) in [6.07, 6.45) is 0.834. The second-order valence-corrected chi connectivity index (χ2v) is 4.84. The lowest BCUT2D eigenvalue weighted by atomic mass is 10.2. The number of carbonyl (C=O) groups excluding carboxylic acids is 1. The molecule has 1 aromatic heterocycles. The van der Waals surface area contributed by atoms with E-state index in [0.717, 1.165) is 39.3 Å². The molecule has 1 fully saturated rings. The number of hydrogen-bond donors (Lipinski definition) is 2. The average molecular weight is 283 g/mol. The lowest BCUT2D eigenvalue weighted by Gasteiger charge is -2.34. The maximum Gasteiger partial charge on any atom is 0.340 e. The number of nitrogens with zero attached hydrogens (tertiary/aromatic N) is 3. The third-order valence-electron chi connectivity index (χ3n) is 3.46. The van der Waals surface area contributed by atoms with Gasteiger partial charge in [-0.05, 0) is 0 Å². The minimum atomic E-state index is -0.334. The molecular weight excluding hydrogens is 262 g/mol. The second-order valence-electron chi connectivity index (χ2n) is 4.84. The van der Waals surface area contributed by atoms with Crippen LogP contribution >= 0.6 is 0 Å². The summed E-state index contributed by atoms with van der Waals surface area (Å²) in [4.78, 5) is 29.6. The van der Waals surface area contributed by atoms with Crippen molar-refractivity contribution >= 4 is 5.91 Å². The topological polar surface area (TPSA) is 94.3 Å². The van der Waals surface area contributed by atoms with Crippen molar-refractivity contribution in [1.82, 2.24) is 25.0 Å². The van der Waals surface area contributed by atoms with Gasteiger partial charge in [-0.3, -0.25) is 14.7 Å². The molecule has 0 radical (unpaired) electrons. The Labute approximate surface area is 117 Å². The molecule has 0 atom stereocenters. The number of aromatic amines is 2. The molecule has 1 aliphatic heterocycles. The van der Waals surface area contributed by atoms with Crippen molar-refractivity contribution in [2.24, 2.45) is 0 Å². The number of rotatable bonds is 6. The van der Waals surface area contributed by atoms with Crippen molar-refractivity contribution in [1.29, 1.82) is 0 Å². The van der Waals surface area contributed by atoms with Crippen LogP contribution in [-0.4, -0.2) is 77.3 Å². The Kier molecular flexibility index (Phi) is 5.31. The summed E-state index contributed by atoms with van der Waals surface area (Å²) >= 11 is 0. The number of amides is 1. The van der Waals surface area contributed by atoms with E-state index in [4.69, 9.17) is 4.74 Å². The number of aromatic nitrogens is 3. The first-order chi connectivity index (χ1) is 9.69. The van der Waals surface area contributed by atoms with Crippen LogP contribution in [0.5, 0.6) is 0 Å². The largest absolute Gasteiger partial charge is 0.383 e. The first kappa shape index (κ1) is 14.7. The standard InChI is InChI=1S/C12H21N5O3/c1-20-9-8-16-4-6-17(7-5-16)11(18)3-2-10-13-12(19)15-14-10/h2-9H2,1H3,(H2,13,14,15,19). The minimum absolute atomic E-state index is 0.111. The van der Waals surface area contributed by atoms with Crippen LogP contribution in [0.4, 0.5) is 0 Å². The molecule has 20 heavy (non-hydrogen) atoms. The van der Waals surface area contributed by atoms with Gasteiger partial charge in [0, 0.05) is 52.7 Å². The number of carbonyl (C=O) groups is 1. The van der Waals surface area contributed by atoms with Crippen LogP contribution in [0.2, 0.25) is 0 Å². The van der Waals surface area contributed by atoms with E-state index in [-0.39, 0.29) is 11.6 Å². The first-order valence-electron chi connectivity index (χ1n) is 6.81. The third kappa shape index (κ3) is 4.17. The molecule has 1 amide bonds. The summed E-state index contributed by atoms with van der Waals surface area (Å²) in [6, 6.07) is 0. The molecule has 112 valence electrons. The van der Waals surface area contributed by atoms with Gasteiger partial charge in [0.2, 0.25) is 5.91 Å². The van der Waals surface area contributed by atoms with Gasteiger partial charge in [-0.1, -0.05) is 0 Å². The Balaban J connectivity index is 1.70. The van der Waals surface area contributed by atoms with Crippen LogP contribution in [0, 0.1) is 0 Å². The number of hydrogen-bond acceptors (Lipinski definition) is 5. The summed E-state index contributed by atoms with van der Waals surface area (Å²) in [5.74, 6) is 0.641. The van der Waals surface area contributed by atoms with Crippen LogP contribution < -0.4 is 5.69 Å². The quantitative estimate of drug-likeness (QED) is 0.685. The van der Waals surface area contributed by atoms with Gasteiger partial charge < -0.3 is 9.64 Å². The molecule has 1 saturated heterocycles. The molecule has 0 saturated carbocycles. The Morgan fingerprint density at radius 3 is 2.70 bits per heavy atom. The van der Waals surface area contributed by atoms with Gasteiger partial charge in [0.15, 0.2) is 0 Å². The fraction of sp³-hybridized carbons (Fsp3) is 0.750. The van der Waals surface area contributed by atoms with Crippen molar-refractivity contribution in [2.75, 3.05) is 46.4 Å². The molecule has 0 unspecified atom stereocenters. The van der Waals surface area contributed by atoms with Crippen LogP contribution in [0.15, 0.2) is 4.79 Å². The van der Waals surface area contributed by atoms with E-state index in [1.807, 2.05) is 4.90 Å². The van der Waals surface area contributed by atoms with E-state index in [2.05, 4.69) is 20.1 Å². The summed E-state index contributed by atoms with van der Waals surface area (Å²) in [5.41, 5.74) is -0.334. The zero-order chi connectivity index (χ0) is 14.4. The predicted octanol–water partition coefficient (Wildman–Crippen LogP) is -1.18. The normalized spacial score (nSPS) is 16.6. The Bertz CT molecular complexity index is 475. The molecule has 2 rings (SSSR count). The van der Waals surface area contributed by atoms with E-state index in [0.29, 0.717) is 18.7 Å². The minimum Gasteiger partial charge on any atom is -0.383 e. The zero-order valence-electron chi connectivity index (χ0n) is 11.7. The molecule has 0 aliphatic carbocycles. The van der Waals surface area contributed by atoms with E-state index in [9.17, 15) is 9.59 Å². The molecule has 0 aromatic carbocycles. The first-order valence-corrected chi connectivity index (χ1v) is 6.81. The predicted molar refractivity (Wildman–Crippen MR) is 72.4 cm³/mol. The molecule has 0 bridgehead atoms. The maximum absolute atomic E-state index is 12.1. The fourth-order valence-electron chi connectivity index (χ4n) is 2.25. The molecule has 1 aliphatic rings. The van der Waals surface area contributed by atoms with Crippen LogP contribution in [0.1, 0.15) is 12.2 Å². The smallest absolute Gasteiger partial charge is 0.340 e. The van der Waals surface area contributed by atoms with E-state index in [1.165, 1.54) is 0 Å². The molecule has 0 spiro atoms.